The predicted octanol–water partition coefficient (Wildman–Crippen LogP) is 3.61. The number of nitrogens with zero attached hydrogens (tertiary/aromatic N) is 1. The zero-order chi connectivity index (χ0) is 16.1. The first-order valence-corrected chi connectivity index (χ1v) is 11.2. The summed E-state index contributed by atoms with van der Waals surface area (Å²) in [7, 11) is 0. The molecule has 0 bridgehead atoms. The van der Waals surface area contributed by atoms with Gasteiger partial charge in [0, 0.05) is 0 Å². The third-order valence-corrected chi connectivity index (χ3v) is 6.64. The zero-order valence-electron chi connectivity index (χ0n) is 12.6. The average molecular weight is 400 g/mol. The van der Waals surface area contributed by atoms with Gasteiger partial charge in [-0.15, -0.1) is 0 Å². The van der Waals surface area contributed by atoms with Crippen LogP contribution in [0.2, 0.25) is 8.87 Å². The van der Waals surface area contributed by atoms with Gasteiger partial charge in [0.25, 0.3) is 0 Å². The van der Waals surface area contributed by atoms with E-state index in [2.05, 4.69) is 18.8 Å². The van der Waals surface area contributed by atoms with Crippen LogP contribution in [0.1, 0.15) is 60.5 Å². The second kappa shape index (κ2) is 12.6. The molecule has 6 heteroatoms. The molecule has 0 saturated carbocycles. The summed E-state index contributed by atoms with van der Waals surface area (Å²) in [5, 5.41) is 16.9. The molecule has 1 aromatic heterocycles. The van der Waals surface area contributed by atoms with Crippen molar-refractivity contribution in [2.45, 2.75) is 48.4 Å². The van der Waals surface area contributed by atoms with Crippen LogP contribution in [0.25, 0.3) is 0 Å². The Kier molecular flexibility index (Phi) is 11.9. The van der Waals surface area contributed by atoms with Crippen LogP contribution in [0.15, 0.2) is 18.2 Å². The van der Waals surface area contributed by atoms with Gasteiger partial charge >= 0.3 is 81.5 Å². The summed E-state index contributed by atoms with van der Waals surface area (Å²) in [5.41, 5.74) is -0.537. The SMILES string of the molecule is CCC[CH2][Sn][CH2]CCC.O=C(O)c1cccc(C(=O)O)n1. The number of carbonyl (C=O) groups is 2. The second-order valence-corrected chi connectivity index (χ2v) is 8.76. The van der Waals surface area contributed by atoms with Crippen LogP contribution in [-0.2, 0) is 0 Å². The van der Waals surface area contributed by atoms with E-state index >= 15 is 0 Å². The fourth-order valence-corrected chi connectivity index (χ4v) is 5.56. The van der Waals surface area contributed by atoms with Crippen LogP contribution >= 0.6 is 0 Å². The summed E-state index contributed by atoms with van der Waals surface area (Å²) in [4.78, 5) is 24.0. The molecule has 0 fully saturated rings. The standard InChI is InChI=1S/C7H5NO4.2C4H9.Sn/c9-6(10)4-2-1-3-5(8-4)7(11)12;2*1-3-4-2;/h1-3H,(H,9,10)(H,11,12);2*1,3-4H2,2H3;. The van der Waals surface area contributed by atoms with Crippen LogP contribution in [0, 0.1) is 0 Å². The topological polar surface area (TPSA) is 87.5 Å². The molecule has 116 valence electrons. The number of rotatable bonds is 8. The normalized spacial score (nSPS) is 9.62. The molecule has 1 aromatic rings. The summed E-state index contributed by atoms with van der Waals surface area (Å²) in [5.74, 6) is -2.48. The molecule has 2 radical (unpaired) electrons. The molecular weight excluding hydrogens is 377 g/mol. The number of pyridine rings is 1. The number of carboxylic acids is 2. The maximum atomic E-state index is 10.3. The van der Waals surface area contributed by atoms with E-state index in [1.54, 1.807) is 8.87 Å². The van der Waals surface area contributed by atoms with Crippen molar-refractivity contribution in [3.8, 4) is 0 Å². The van der Waals surface area contributed by atoms with Crippen molar-refractivity contribution in [2.24, 2.45) is 0 Å². The van der Waals surface area contributed by atoms with Crippen molar-refractivity contribution in [2.75, 3.05) is 0 Å². The van der Waals surface area contributed by atoms with Crippen LogP contribution in [0.4, 0.5) is 0 Å². The Morgan fingerprint density at radius 1 is 1.00 bits per heavy atom. The molecule has 0 amide bonds. The predicted molar refractivity (Wildman–Crippen MR) is 83.3 cm³/mol. The zero-order valence-corrected chi connectivity index (χ0v) is 15.5. The van der Waals surface area contributed by atoms with Gasteiger partial charge in [0.1, 0.15) is 11.4 Å². The average Bonchev–Trinajstić information content (AvgIpc) is 2.48. The first-order chi connectivity index (χ1) is 10.0. The molecule has 0 saturated heterocycles. The van der Waals surface area contributed by atoms with Crippen molar-refractivity contribution < 1.29 is 19.8 Å². The summed E-state index contributed by atoms with van der Waals surface area (Å²) in [6, 6.07) is 3.80. The Hall–Kier alpha value is -1.11. The largest absolute Gasteiger partial charge is 0.477 e. The van der Waals surface area contributed by atoms with E-state index in [0.717, 1.165) is 0 Å². The first kappa shape index (κ1) is 19.9. The van der Waals surface area contributed by atoms with E-state index in [-0.39, 0.29) is 32.5 Å². The van der Waals surface area contributed by atoms with E-state index in [4.69, 9.17) is 10.2 Å². The van der Waals surface area contributed by atoms with Crippen LogP contribution in [0.3, 0.4) is 0 Å². The van der Waals surface area contributed by atoms with Crippen LogP contribution in [-0.4, -0.2) is 48.3 Å². The summed E-state index contributed by atoms with van der Waals surface area (Å²) >= 11 is 0.149. The van der Waals surface area contributed by atoms with Gasteiger partial charge in [0.2, 0.25) is 0 Å². The molecule has 0 aromatic carbocycles. The fourth-order valence-electron chi connectivity index (χ4n) is 1.40. The van der Waals surface area contributed by atoms with E-state index in [1.165, 1.54) is 43.9 Å². The van der Waals surface area contributed by atoms with Crippen molar-refractivity contribution in [1.82, 2.24) is 4.98 Å². The number of hydrogen-bond acceptors (Lipinski definition) is 3. The van der Waals surface area contributed by atoms with Gasteiger partial charge in [-0.1, -0.05) is 6.07 Å². The Morgan fingerprint density at radius 2 is 1.43 bits per heavy atom. The van der Waals surface area contributed by atoms with Gasteiger partial charge in [-0.2, -0.15) is 0 Å². The molecule has 21 heavy (non-hydrogen) atoms. The monoisotopic (exact) mass is 401 g/mol. The van der Waals surface area contributed by atoms with E-state index in [9.17, 15) is 9.59 Å². The van der Waals surface area contributed by atoms with Crippen LogP contribution < -0.4 is 0 Å². The quantitative estimate of drug-likeness (QED) is 0.515. The minimum Gasteiger partial charge on any atom is -0.477 e. The molecule has 0 aliphatic heterocycles. The first-order valence-electron chi connectivity index (χ1n) is 7.17. The molecular formula is C15H23NO4Sn. The number of hydrogen-bond donors (Lipinski definition) is 2. The number of aromatic nitrogens is 1. The van der Waals surface area contributed by atoms with Crippen molar-refractivity contribution in [3.63, 3.8) is 0 Å². The minimum absolute atomic E-state index is 0.149. The fraction of sp³-hybridized carbons (Fsp3) is 0.533. The Morgan fingerprint density at radius 3 is 1.76 bits per heavy atom. The Balaban J connectivity index is 0.000000400. The van der Waals surface area contributed by atoms with Gasteiger partial charge in [0.15, 0.2) is 0 Å². The number of aromatic carboxylic acids is 2. The molecule has 0 aliphatic rings. The van der Waals surface area contributed by atoms with E-state index in [0.29, 0.717) is 0 Å². The van der Waals surface area contributed by atoms with Crippen LogP contribution in [0.5, 0.6) is 0 Å². The molecule has 0 aliphatic carbocycles. The van der Waals surface area contributed by atoms with Crippen molar-refractivity contribution >= 4 is 33.1 Å². The van der Waals surface area contributed by atoms with Gasteiger partial charge in [0.05, 0.1) is 0 Å². The summed E-state index contributed by atoms with van der Waals surface area (Å²) < 4.78 is 3.25. The molecule has 1 heterocycles. The van der Waals surface area contributed by atoms with E-state index < -0.39 is 11.9 Å². The van der Waals surface area contributed by atoms with Crippen molar-refractivity contribution in [1.29, 1.82) is 0 Å². The number of carboxylic acid groups (broad SMARTS) is 2. The van der Waals surface area contributed by atoms with Gasteiger partial charge in [-0.05, 0) is 12.1 Å². The van der Waals surface area contributed by atoms with Gasteiger partial charge in [-0.3, -0.25) is 0 Å². The maximum Gasteiger partial charge on any atom is 0.354 e. The molecule has 0 unspecified atom stereocenters. The maximum absolute atomic E-state index is 10.3. The molecule has 0 spiro atoms. The summed E-state index contributed by atoms with van der Waals surface area (Å²) in [6.07, 6.45) is 5.84. The molecule has 0 atom stereocenters. The second-order valence-electron chi connectivity index (χ2n) is 4.48. The Bertz CT molecular complexity index is 402. The third-order valence-electron chi connectivity index (χ3n) is 2.60. The molecule has 2 N–H and O–H groups in total. The van der Waals surface area contributed by atoms with Gasteiger partial charge in [-0.25, -0.2) is 14.6 Å². The molecule has 1 rings (SSSR count). The Labute approximate surface area is 136 Å². The van der Waals surface area contributed by atoms with Crippen molar-refractivity contribution in [3.05, 3.63) is 29.6 Å². The smallest absolute Gasteiger partial charge is 0.354 e. The number of unbranched alkanes of at least 4 members (excludes halogenated alkanes) is 2. The minimum atomic E-state index is -1.24. The summed E-state index contributed by atoms with van der Waals surface area (Å²) in [6.45, 7) is 4.58. The van der Waals surface area contributed by atoms with E-state index in [1.807, 2.05) is 0 Å². The van der Waals surface area contributed by atoms with Gasteiger partial charge < -0.3 is 10.2 Å². The third kappa shape index (κ3) is 10.3. The molecule has 5 nitrogen and oxygen atoms in total.